The van der Waals surface area contributed by atoms with Crippen molar-refractivity contribution in [3.8, 4) is 0 Å². The van der Waals surface area contributed by atoms with Gasteiger partial charge in [0.25, 0.3) is 0 Å². The van der Waals surface area contributed by atoms with E-state index in [0.717, 1.165) is 11.9 Å². The Labute approximate surface area is 85.9 Å². The Bertz CT molecular complexity index is 139. The zero-order chi connectivity index (χ0) is 9.36. The molecule has 1 saturated heterocycles. The third-order valence-electron chi connectivity index (χ3n) is 2.29. The Morgan fingerprint density at radius 2 is 2.38 bits per heavy atom. The average molecular weight is 200 g/mol. The number of ether oxygens (including phenoxy) is 1. The second kappa shape index (κ2) is 7.31. The SMILES string of the molecule is C/C=C/OCCCC1CCCCS1. The molecule has 0 aromatic heterocycles. The van der Waals surface area contributed by atoms with Crippen molar-refractivity contribution in [2.24, 2.45) is 0 Å². The summed E-state index contributed by atoms with van der Waals surface area (Å²) < 4.78 is 5.28. The molecule has 0 bridgehead atoms. The summed E-state index contributed by atoms with van der Waals surface area (Å²) in [7, 11) is 0. The van der Waals surface area contributed by atoms with E-state index in [1.807, 2.05) is 13.0 Å². The van der Waals surface area contributed by atoms with E-state index in [-0.39, 0.29) is 0 Å². The van der Waals surface area contributed by atoms with Crippen molar-refractivity contribution in [1.29, 1.82) is 0 Å². The van der Waals surface area contributed by atoms with Crippen molar-refractivity contribution < 1.29 is 4.74 Å². The highest BCUT2D eigenvalue weighted by Crippen LogP contribution is 2.28. The van der Waals surface area contributed by atoms with Crippen LogP contribution in [-0.4, -0.2) is 17.6 Å². The van der Waals surface area contributed by atoms with Crippen LogP contribution in [0.1, 0.15) is 39.0 Å². The number of hydrogen-bond acceptors (Lipinski definition) is 2. The van der Waals surface area contributed by atoms with Gasteiger partial charge in [-0.2, -0.15) is 11.8 Å². The molecule has 0 N–H and O–H groups in total. The molecular formula is C11H20OS. The van der Waals surface area contributed by atoms with Crippen LogP contribution >= 0.6 is 11.8 Å². The Balaban J connectivity index is 1.92. The molecule has 1 rings (SSSR count). The van der Waals surface area contributed by atoms with Crippen molar-refractivity contribution in [2.45, 2.75) is 44.3 Å². The summed E-state index contributed by atoms with van der Waals surface area (Å²) in [6.45, 7) is 2.87. The van der Waals surface area contributed by atoms with Crippen LogP contribution in [0.15, 0.2) is 12.3 Å². The fraction of sp³-hybridized carbons (Fsp3) is 0.818. The van der Waals surface area contributed by atoms with Crippen LogP contribution in [0.4, 0.5) is 0 Å². The molecule has 2 heteroatoms. The summed E-state index contributed by atoms with van der Waals surface area (Å²) in [5.74, 6) is 1.38. The van der Waals surface area contributed by atoms with Gasteiger partial charge in [0.05, 0.1) is 12.9 Å². The molecular weight excluding hydrogens is 180 g/mol. The van der Waals surface area contributed by atoms with Crippen molar-refractivity contribution in [2.75, 3.05) is 12.4 Å². The first-order valence-electron chi connectivity index (χ1n) is 5.28. The van der Waals surface area contributed by atoms with Gasteiger partial charge in [0.1, 0.15) is 0 Å². The molecule has 1 nitrogen and oxygen atoms in total. The second-order valence-electron chi connectivity index (χ2n) is 3.47. The normalized spacial score (nSPS) is 23.6. The van der Waals surface area contributed by atoms with E-state index in [9.17, 15) is 0 Å². The van der Waals surface area contributed by atoms with Crippen molar-refractivity contribution in [1.82, 2.24) is 0 Å². The van der Waals surface area contributed by atoms with Gasteiger partial charge in [-0.15, -0.1) is 0 Å². The maximum absolute atomic E-state index is 5.28. The fourth-order valence-electron chi connectivity index (χ4n) is 1.59. The van der Waals surface area contributed by atoms with E-state index in [1.54, 1.807) is 6.26 Å². The zero-order valence-electron chi connectivity index (χ0n) is 8.50. The molecule has 0 aliphatic carbocycles. The van der Waals surface area contributed by atoms with Gasteiger partial charge in [0.2, 0.25) is 0 Å². The molecule has 0 radical (unpaired) electrons. The number of rotatable bonds is 5. The largest absolute Gasteiger partial charge is 0.502 e. The minimum absolute atomic E-state index is 0.890. The van der Waals surface area contributed by atoms with Crippen LogP contribution in [0.25, 0.3) is 0 Å². The first-order valence-corrected chi connectivity index (χ1v) is 6.32. The lowest BCUT2D eigenvalue weighted by molar-refractivity contribution is 0.240. The lowest BCUT2D eigenvalue weighted by atomic mass is 10.1. The summed E-state index contributed by atoms with van der Waals surface area (Å²) >= 11 is 2.15. The third-order valence-corrected chi connectivity index (χ3v) is 3.76. The first kappa shape index (κ1) is 11.0. The molecule has 0 aromatic carbocycles. The molecule has 0 saturated carbocycles. The van der Waals surface area contributed by atoms with Gasteiger partial charge < -0.3 is 4.74 Å². The van der Waals surface area contributed by atoms with Gasteiger partial charge >= 0.3 is 0 Å². The van der Waals surface area contributed by atoms with Crippen LogP contribution in [0.3, 0.4) is 0 Å². The van der Waals surface area contributed by atoms with Crippen molar-refractivity contribution in [3.63, 3.8) is 0 Å². The average Bonchev–Trinajstić information content (AvgIpc) is 2.19. The molecule has 1 unspecified atom stereocenters. The third kappa shape index (κ3) is 5.25. The van der Waals surface area contributed by atoms with Gasteiger partial charge in [-0.1, -0.05) is 12.5 Å². The smallest absolute Gasteiger partial charge is 0.0873 e. The van der Waals surface area contributed by atoms with Crippen molar-refractivity contribution in [3.05, 3.63) is 12.3 Å². The van der Waals surface area contributed by atoms with Gasteiger partial charge in [0, 0.05) is 5.25 Å². The highest BCUT2D eigenvalue weighted by atomic mass is 32.2. The van der Waals surface area contributed by atoms with Crippen LogP contribution < -0.4 is 0 Å². The van der Waals surface area contributed by atoms with Gasteiger partial charge in [0.15, 0.2) is 0 Å². The van der Waals surface area contributed by atoms with E-state index in [1.165, 1.54) is 37.9 Å². The topological polar surface area (TPSA) is 9.23 Å². The standard InChI is InChI=1S/C11H20OS/c1-2-8-12-9-5-7-11-6-3-4-10-13-11/h2,8,11H,3-7,9-10H2,1H3/b8-2+. The monoisotopic (exact) mass is 200 g/mol. The maximum Gasteiger partial charge on any atom is 0.0873 e. The van der Waals surface area contributed by atoms with Gasteiger partial charge in [-0.05, 0) is 38.4 Å². The van der Waals surface area contributed by atoms with Crippen LogP contribution in [-0.2, 0) is 4.74 Å². The van der Waals surface area contributed by atoms with E-state index >= 15 is 0 Å². The summed E-state index contributed by atoms with van der Waals surface area (Å²) in [4.78, 5) is 0. The predicted octanol–water partition coefficient (Wildman–Crippen LogP) is 3.60. The summed E-state index contributed by atoms with van der Waals surface area (Å²) in [5.41, 5.74) is 0. The molecule has 13 heavy (non-hydrogen) atoms. The maximum atomic E-state index is 5.28. The molecule has 76 valence electrons. The summed E-state index contributed by atoms with van der Waals surface area (Å²) in [5, 5.41) is 0.919. The van der Waals surface area contributed by atoms with Gasteiger partial charge in [-0.25, -0.2) is 0 Å². The minimum Gasteiger partial charge on any atom is -0.502 e. The molecule has 1 heterocycles. The Morgan fingerprint density at radius 3 is 3.08 bits per heavy atom. The fourth-order valence-corrected chi connectivity index (χ4v) is 2.96. The molecule has 0 aromatic rings. The number of hydrogen-bond donors (Lipinski definition) is 0. The number of allylic oxidation sites excluding steroid dienone is 1. The molecule has 1 atom stereocenters. The predicted molar refractivity (Wildman–Crippen MR) is 60.1 cm³/mol. The van der Waals surface area contributed by atoms with E-state index in [0.29, 0.717) is 0 Å². The van der Waals surface area contributed by atoms with Gasteiger partial charge in [-0.3, -0.25) is 0 Å². The van der Waals surface area contributed by atoms with Crippen LogP contribution in [0.5, 0.6) is 0 Å². The summed E-state index contributed by atoms with van der Waals surface area (Å²) in [6, 6.07) is 0. The first-order chi connectivity index (χ1) is 6.43. The van der Waals surface area contributed by atoms with Crippen LogP contribution in [0.2, 0.25) is 0 Å². The van der Waals surface area contributed by atoms with E-state index in [2.05, 4.69) is 11.8 Å². The minimum atomic E-state index is 0.890. The molecule has 0 spiro atoms. The highest BCUT2D eigenvalue weighted by molar-refractivity contribution is 7.99. The zero-order valence-corrected chi connectivity index (χ0v) is 9.31. The Hall–Kier alpha value is -0.110. The lowest BCUT2D eigenvalue weighted by Gasteiger charge is -2.20. The summed E-state index contributed by atoms with van der Waals surface area (Å²) in [6.07, 6.45) is 10.6. The Kier molecular flexibility index (Phi) is 6.17. The quantitative estimate of drug-likeness (QED) is 0.495. The molecule has 1 aliphatic rings. The second-order valence-corrected chi connectivity index (χ2v) is 4.88. The van der Waals surface area contributed by atoms with Crippen molar-refractivity contribution >= 4 is 11.8 Å². The Morgan fingerprint density at radius 1 is 1.46 bits per heavy atom. The lowest BCUT2D eigenvalue weighted by Crippen LogP contribution is -2.09. The van der Waals surface area contributed by atoms with E-state index in [4.69, 9.17) is 4.74 Å². The van der Waals surface area contributed by atoms with Crippen LogP contribution in [0, 0.1) is 0 Å². The molecule has 0 amide bonds. The molecule has 1 fully saturated rings. The molecule has 1 aliphatic heterocycles. The number of thioether (sulfide) groups is 1. The highest BCUT2D eigenvalue weighted by Gasteiger charge is 2.12. The van der Waals surface area contributed by atoms with E-state index < -0.39 is 0 Å².